The Morgan fingerprint density at radius 1 is 1.30 bits per heavy atom. The van der Waals surface area contributed by atoms with Crippen LogP contribution in [0.5, 0.6) is 0 Å². The molecule has 1 aliphatic heterocycles. The van der Waals surface area contributed by atoms with Crippen LogP contribution in [-0.2, 0) is 6.54 Å². The number of amides is 2. The zero-order valence-electron chi connectivity index (χ0n) is 14.5. The number of carbonyl (C=O) groups is 1. The lowest BCUT2D eigenvalue weighted by Gasteiger charge is -2.35. The van der Waals surface area contributed by atoms with Crippen LogP contribution in [0.3, 0.4) is 0 Å². The van der Waals surface area contributed by atoms with Gasteiger partial charge in [-0.3, -0.25) is 0 Å². The van der Waals surface area contributed by atoms with Crippen molar-refractivity contribution in [3.8, 4) is 0 Å². The molecule has 2 rings (SSSR count). The number of nitrogens with one attached hydrogen (secondary N) is 1. The van der Waals surface area contributed by atoms with Crippen molar-refractivity contribution < 1.29 is 4.79 Å². The fourth-order valence-electron chi connectivity index (χ4n) is 2.59. The molecule has 0 bridgehead atoms. The van der Waals surface area contributed by atoms with Crippen molar-refractivity contribution in [1.29, 1.82) is 0 Å². The fourth-order valence-corrected chi connectivity index (χ4v) is 2.83. The molecule has 1 heterocycles. The highest BCUT2D eigenvalue weighted by molar-refractivity contribution is 6.31. The van der Waals surface area contributed by atoms with Gasteiger partial charge in [-0.1, -0.05) is 17.7 Å². The lowest BCUT2D eigenvalue weighted by Crippen LogP contribution is -2.45. The third-order valence-corrected chi connectivity index (χ3v) is 4.80. The summed E-state index contributed by atoms with van der Waals surface area (Å²) in [6, 6.07) is 6.03. The van der Waals surface area contributed by atoms with Gasteiger partial charge in [0.05, 0.1) is 0 Å². The Hall–Kier alpha value is -1.46. The minimum absolute atomic E-state index is 0.0794. The van der Waals surface area contributed by atoms with E-state index in [1.807, 2.05) is 26.0 Å². The van der Waals surface area contributed by atoms with E-state index in [1.54, 1.807) is 11.9 Å². The molecule has 1 N–H and O–H groups in total. The van der Waals surface area contributed by atoms with Crippen molar-refractivity contribution in [1.82, 2.24) is 15.1 Å². The van der Waals surface area contributed by atoms with Crippen molar-refractivity contribution in [3.05, 3.63) is 28.8 Å². The average molecular weight is 339 g/mol. The second-order valence-electron chi connectivity index (χ2n) is 6.39. The zero-order valence-corrected chi connectivity index (χ0v) is 15.2. The molecule has 128 valence electrons. The van der Waals surface area contributed by atoms with Crippen molar-refractivity contribution in [2.24, 2.45) is 0 Å². The first kappa shape index (κ1) is 17.9. The molecule has 1 fully saturated rings. The first-order valence-corrected chi connectivity index (χ1v) is 8.49. The molecule has 23 heavy (non-hydrogen) atoms. The van der Waals surface area contributed by atoms with Gasteiger partial charge in [0.2, 0.25) is 0 Å². The molecule has 5 nitrogen and oxygen atoms in total. The van der Waals surface area contributed by atoms with E-state index in [2.05, 4.69) is 28.2 Å². The fraction of sp³-hybridized carbons (Fsp3) is 0.588. The quantitative estimate of drug-likeness (QED) is 0.917. The molecule has 6 heteroatoms. The number of urea groups is 1. The van der Waals surface area contributed by atoms with Crippen LogP contribution in [0.2, 0.25) is 5.02 Å². The summed E-state index contributed by atoms with van der Waals surface area (Å²) in [4.78, 5) is 18.5. The molecule has 0 saturated carbocycles. The van der Waals surface area contributed by atoms with Gasteiger partial charge in [0.15, 0.2) is 0 Å². The third-order valence-electron chi connectivity index (χ3n) is 4.45. The van der Waals surface area contributed by atoms with Crippen molar-refractivity contribution >= 4 is 23.3 Å². The first-order valence-electron chi connectivity index (χ1n) is 8.11. The van der Waals surface area contributed by atoms with Gasteiger partial charge >= 0.3 is 6.03 Å². The topological polar surface area (TPSA) is 38.8 Å². The highest BCUT2D eigenvalue weighted by Crippen LogP contribution is 2.28. The number of rotatable bonds is 4. The summed E-state index contributed by atoms with van der Waals surface area (Å²) in [6.45, 7) is 8.45. The smallest absolute Gasteiger partial charge is 0.317 e. The maximum atomic E-state index is 12.2. The van der Waals surface area contributed by atoms with E-state index in [1.165, 1.54) is 0 Å². The molecule has 0 spiro atoms. The van der Waals surface area contributed by atoms with Crippen molar-refractivity contribution in [2.75, 3.05) is 45.2 Å². The number of nitrogens with zero attached hydrogens (tertiary/aromatic N) is 3. The lowest BCUT2D eigenvalue weighted by molar-refractivity contribution is 0.197. The third kappa shape index (κ3) is 4.52. The number of halogens is 1. The van der Waals surface area contributed by atoms with Gasteiger partial charge in [0.25, 0.3) is 0 Å². The summed E-state index contributed by atoms with van der Waals surface area (Å²) in [5.74, 6) is 0. The maximum absolute atomic E-state index is 12.2. The monoisotopic (exact) mass is 338 g/mol. The van der Waals surface area contributed by atoms with E-state index in [0.717, 1.165) is 37.4 Å². The number of anilines is 1. The summed E-state index contributed by atoms with van der Waals surface area (Å²) in [7, 11) is 3.94. The van der Waals surface area contributed by atoms with Gasteiger partial charge in [-0.2, -0.15) is 0 Å². The Labute approximate surface area is 144 Å². The largest absolute Gasteiger partial charge is 0.369 e. The van der Waals surface area contributed by atoms with Gasteiger partial charge in [-0.05, 0) is 33.0 Å². The number of piperazine rings is 1. The molecule has 2 amide bonds. The molecular weight excluding hydrogens is 312 g/mol. The van der Waals surface area contributed by atoms with Gasteiger partial charge in [-0.15, -0.1) is 0 Å². The Kier molecular flexibility index (Phi) is 6.13. The number of likely N-dealkylation sites (N-methyl/N-ethyl adjacent to an activating group) is 1. The highest BCUT2D eigenvalue weighted by Gasteiger charge is 2.19. The molecule has 1 saturated heterocycles. The van der Waals surface area contributed by atoms with Crippen molar-refractivity contribution in [2.45, 2.75) is 26.4 Å². The van der Waals surface area contributed by atoms with Crippen LogP contribution in [-0.4, -0.2) is 62.1 Å². The predicted molar refractivity (Wildman–Crippen MR) is 96.3 cm³/mol. The van der Waals surface area contributed by atoms with E-state index in [9.17, 15) is 4.79 Å². The number of hydrogen-bond acceptors (Lipinski definition) is 3. The Morgan fingerprint density at radius 3 is 2.57 bits per heavy atom. The number of hydrogen-bond donors (Lipinski definition) is 1. The number of benzene rings is 1. The Bertz CT molecular complexity index is 541. The van der Waals surface area contributed by atoms with E-state index >= 15 is 0 Å². The lowest BCUT2D eigenvalue weighted by atomic mass is 10.1. The molecule has 1 aliphatic rings. The predicted octanol–water partition coefficient (Wildman–Crippen LogP) is 2.64. The summed E-state index contributed by atoms with van der Waals surface area (Å²) < 4.78 is 0. The van der Waals surface area contributed by atoms with E-state index in [-0.39, 0.29) is 12.1 Å². The van der Waals surface area contributed by atoms with Gasteiger partial charge in [-0.25, -0.2) is 4.79 Å². The van der Waals surface area contributed by atoms with Gasteiger partial charge < -0.3 is 20.0 Å². The van der Waals surface area contributed by atoms with Crippen LogP contribution in [0.25, 0.3) is 0 Å². The molecule has 0 atom stereocenters. The minimum atomic E-state index is -0.0794. The normalized spacial score (nSPS) is 15.8. The molecule has 0 aromatic heterocycles. The molecule has 1 aromatic carbocycles. The summed E-state index contributed by atoms with van der Waals surface area (Å²) in [6.07, 6.45) is 0. The van der Waals surface area contributed by atoms with Crippen LogP contribution in [0.4, 0.5) is 10.5 Å². The highest BCUT2D eigenvalue weighted by atomic mass is 35.5. The second kappa shape index (κ2) is 7.88. The summed E-state index contributed by atoms with van der Waals surface area (Å²) in [5, 5.41) is 3.68. The molecule has 0 unspecified atom stereocenters. The standard InChI is InChI=1S/C17H27ClN4O/c1-13(2)21(4)17(23)19-12-14-15(18)6-5-7-16(14)22-10-8-20(3)9-11-22/h5-7,13H,8-12H2,1-4H3,(H,19,23). The van der Waals surface area contributed by atoms with Crippen LogP contribution in [0.15, 0.2) is 18.2 Å². The molecule has 0 radical (unpaired) electrons. The maximum Gasteiger partial charge on any atom is 0.317 e. The van der Waals surface area contributed by atoms with E-state index in [0.29, 0.717) is 11.6 Å². The molecular formula is C17H27ClN4O. The van der Waals surface area contributed by atoms with Crippen LogP contribution in [0, 0.1) is 0 Å². The summed E-state index contributed by atoms with van der Waals surface area (Å²) >= 11 is 6.40. The van der Waals surface area contributed by atoms with E-state index in [4.69, 9.17) is 11.6 Å². The average Bonchev–Trinajstić information content (AvgIpc) is 2.53. The SMILES string of the molecule is CC(C)N(C)C(=O)NCc1c(Cl)cccc1N1CCN(C)CC1. The minimum Gasteiger partial charge on any atom is -0.369 e. The Morgan fingerprint density at radius 2 is 1.96 bits per heavy atom. The van der Waals surface area contributed by atoms with Gasteiger partial charge in [0, 0.05) is 62.1 Å². The Balaban J connectivity index is 2.10. The number of carbonyl (C=O) groups excluding carboxylic acids is 1. The van der Waals surface area contributed by atoms with Gasteiger partial charge in [0.1, 0.15) is 0 Å². The molecule has 0 aliphatic carbocycles. The second-order valence-corrected chi connectivity index (χ2v) is 6.80. The summed E-state index contributed by atoms with van der Waals surface area (Å²) in [5.41, 5.74) is 2.11. The van der Waals surface area contributed by atoms with E-state index < -0.39 is 0 Å². The van der Waals surface area contributed by atoms with Crippen LogP contribution < -0.4 is 10.2 Å². The van der Waals surface area contributed by atoms with Crippen molar-refractivity contribution in [3.63, 3.8) is 0 Å². The zero-order chi connectivity index (χ0) is 17.0. The van der Waals surface area contributed by atoms with Crippen LogP contribution >= 0.6 is 11.6 Å². The first-order chi connectivity index (χ1) is 10.9. The molecule has 1 aromatic rings. The van der Waals surface area contributed by atoms with Crippen LogP contribution in [0.1, 0.15) is 19.4 Å².